The second kappa shape index (κ2) is 10.4. The van der Waals surface area contributed by atoms with Gasteiger partial charge in [-0.3, -0.25) is 9.59 Å². The highest BCUT2D eigenvalue weighted by atomic mass is 32.2. The van der Waals surface area contributed by atoms with E-state index in [1.165, 1.54) is 0 Å². The molecule has 0 saturated carbocycles. The number of carbonyl (C=O) groups excluding carboxylic acids is 3. The minimum absolute atomic E-state index is 0.428. The maximum Gasteiger partial charge on any atom is 0.408 e. The second-order valence-corrected chi connectivity index (χ2v) is 7.22. The molecule has 0 unspecified atom stereocenters. The predicted octanol–water partition coefficient (Wildman–Crippen LogP) is 1.40. The molecule has 0 aliphatic heterocycles. The van der Waals surface area contributed by atoms with Crippen molar-refractivity contribution in [3.05, 3.63) is 0 Å². The van der Waals surface area contributed by atoms with Crippen molar-refractivity contribution in [1.29, 1.82) is 0 Å². The van der Waals surface area contributed by atoms with Crippen molar-refractivity contribution in [3.63, 3.8) is 0 Å². The van der Waals surface area contributed by atoms with Crippen LogP contribution >= 0.6 is 11.8 Å². The molecule has 0 fully saturated rings. The van der Waals surface area contributed by atoms with Crippen molar-refractivity contribution in [2.24, 2.45) is 5.73 Å². The van der Waals surface area contributed by atoms with Crippen LogP contribution in [-0.4, -0.2) is 47.6 Å². The first-order valence-electron chi connectivity index (χ1n) is 7.68. The molecule has 8 heteroatoms. The molecule has 0 aliphatic carbocycles. The number of thioether (sulfide) groups is 1. The molecule has 134 valence electrons. The lowest BCUT2D eigenvalue weighted by Crippen LogP contribution is -2.53. The Morgan fingerprint density at radius 2 is 1.74 bits per heavy atom. The molecule has 0 aliphatic rings. The first-order chi connectivity index (χ1) is 10.6. The van der Waals surface area contributed by atoms with E-state index in [2.05, 4.69) is 10.6 Å². The molecule has 7 nitrogen and oxygen atoms in total. The van der Waals surface area contributed by atoms with E-state index in [0.717, 1.165) is 0 Å². The zero-order chi connectivity index (χ0) is 18.0. The number of amides is 3. The fourth-order valence-corrected chi connectivity index (χ4v) is 2.27. The molecule has 0 aromatic heterocycles. The molecule has 2 atom stereocenters. The summed E-state index contributed by atoms with van der Waals surface area (Å²) in [6, 6.07) is -1.50. The van der Waals surface area contributed by atoms with E-state index >= 15 is 0 Å². The molecule has 0 heterocycles. The fraction of sp³-hybridized carbons (Fsp3) is 0.800. The van der Waals surface area contributed by atoms with Gasteiger partial charge in [-0.2, -0.15) is 11.8 Å². The van der Waals surface area contributed by atoms with Gasteiger partial charge in [0.05, 0.1) is 0 Å². The SMILES string of the molecule is CCC[C@H](NC(=O)OC(C)(C)C)C(=O)N[C@@H](CCSC)C(N)=O. The van der Waals surface area contributed by atoms with Gasteiger partial charge in [0.1, 0.15) is 17.7 Å². The van der Waals surface area contributed by atoms with Crippen LogP contribution < -0.4 is 16.4 Å². The fourth-order valence-electron chi connectivity index (χ4n) is 1.80. The zero-order valence-corrected chi connectivity index (χ0v) is 15.4. The second-order valence-electron chi connectivity index (χ2n) is 6.23. The summed E-state index contributed by atoms with van der Waals surface area (Å²) in [4.78, 5) is 35.6. The van der Waals surface area contributed by atoms with Crippen LogP contribution in [0.5, 0.6) is 0 Å². The predicted molar refractivity (Wildman–Crippen MR) is 92.2 cm³/mol. The lowest BCUT2D eigenvalue weighted by Gasteiger charge is -2.24. The summed E-state index contributed by atoms with van der Waals surface area (Å²) < 4.78 is 5.16. The first-order valence-corrected chi connectivity index (χ1v) is 9.08. The van der Waals surface area contributed by atoms with E-state index in [9.17, 15) is 14.4 Å². The van der Waals surface area contributed by atoms with Crippen LogP contribution in [0.4, 0.5) is 4.79 Å². The van der Waals surface area contributed by atoms with E-state index < -0.39 is 35.6 Å². The van der Waals surface area contributed by atoms with E-state index in [1.54, 1.807) is 32.5 Å². The van der Waals surface area contributed by atoms with Crippen LogP contribution in [-0.2, 0) is 14.3 Å². The van der Waals surface area contributed by atoms with Gasteiger partial charge in [0.2, 0.25) is 11.8 Å². The van der Waals surface area contributed by atoms with Crippen LogP contribution in [0.2, 0.25) is 0 Å². The number of carbonyl (C=O) groups is 3. The number of alkyl carbamates (subject to hydrolysis) is 1. The number of hydrogen-bond donors (Lipinski definition) is 3. The van der Waals surface area contributed by atoms with Crippen LogP contribution in [0.15, 0.2) is 0 Å². The molecule has 0 bridgehead atoms. The van der Waals surface area contributed by atoms with Gasteiger partial charge >= 0.3 is 6.09 Å². The Kier molecular flexibility index (Phi) is 9.71. The molecule has 3 amide bonds. The third-order valence-corrected chi connectivity index (χ3v) is 3.50. The van der Waals surface area contributed by atoms with Gasteiger partial charge in [-0.15, -0.1) is 0 Å². The number of hydrogen-bond acceptors (Lipinski definition) is 5. The highest BCUT2D eigenvalue weighted by Gasteiger charge is 2.26. The zero-order valence-electron chi connectivity index (χ0n) is 14.6. The molecule has 0 saturated heterocycles. The van der Waals surface area contributed by atoms with Gasteiger partial charge in [-0.05, 0) is 45.6 Å². The minimum atomic E-state index is -0.758. The van der Waals surface area contributed by atoms with Gasteiger partial charge in [0.25, 0.3) is 0 Å². The standard InChI is InChI=1S/C15H29N3O4S/c1-6-7-11(18-14(21)22-15(2,3)4)13(20)17-10(12(16)19)8-9-23-5/h10-11H,6-9H2,1-5H3,(H2,16,19)(H,17,20)(H,18,21)/t10-,11-/m0/s1. The lowest BCUT2D eigenvalue weighted by molar-refractivity contribution is -0.128. The van der Waals surface area contributed by atoms with Crippen LogP contribution in [0.1, 0.15) is 47.0 Å². The molecule has 0 rings (SSSR count). The van der Waals surface area contributed by atoms with Gasteiger partial charge in [0, 0.05) is 0 Å². The maximum atomic E-state index is 12.3. The van der Waals surface area contributed by atoms with Crippen LogP contribution in [0, 0.1) is 0 Å². The van der Waals surface area contributed by atoms with Crippen molar-refractivity contribution in [2.45, 2.75) is 64.6 Å². The maximum absolute atomic E-state index is 12.3. The number of nitrogens with two attached hydrogens (primary N) is 1. The van der Waals surface area contributed by atoms with Gasteiger partial charge in [-0.25, -0.2) is 4.79 Å². The normalized spacial score (nSPS) is 13.8. The van der Waals surface area contributed by atoms with Gasteiger partial charge < -0.3 is 21.1 Å². The van der Waals surface area contributed by atoms with Crippen molar-refractivity contribution < 1.29 is 19.1 Å². The van der Waals surface area contributed by atoms with E-state index in [4.69, 9.17) is 10.5 Å². The highest BCUT2D eigenvalue weighted by Crippen LogP contribution is 2.08. The smallest absolute Gasteiger partial charge is 0.408 e. The van der Waals surface area contributed by atoms with E-state index in [-0.39, 0.29) is 0 Å². The summed E-state index contributed by atoms with van der Waals surface area (Å²) in [5, 5.41) is 5.15. The summed E-state index contributed by atoms with van der Waals surface area (Å²) >= 11 is 1.56. The average molecular weight is 347 g/mol. The molecule has 23 heavy (non-hydrogen) atoms. The Balaban J connectivity index is 4.76. The van der Waals surface area contributed by atoms with Crippen LogP contribution in [0.25, 0.3) is 0 Å². The van der Waals surface area contributed by atoms with Crippen molar-refractivity contribution >= 4 is 29.7 Å². The number of ether oxygens (including phenoxy) is 1. The average Bonchev–Trinajstić information content (AvgIpc) is 2.40. The summed E-state index contributed by atoms with van der Waals surface area (Å²) in [5.74, 6) is -0.311. The van der Waals surface area contributed by atoms with Crippen LogP contribution in [0.3, 0.4) is 0 Å². The summed E-state index contributed by atoms with van der Waals surface area (Å²) in [6.07, 6.45) is 2.84. The monoisotopic (exact) mass is 347 g/mol. The summed E-state index contributed by atoms with van der Waals surface area (Å²) in [5.41, 5.74) is 4.66. The Morgan fingerprint density at radius 1 is 1.13 bits per heavy atom. The molecule has 0 aromatic carbocycles. The molecular weight excluding hydrogens is 318 g/mol. The molecule has 0 aromatic rings. The topological polar surface area (TPSA) is 111 Å². The number of primary amides is 1. The molecular formula is C15H29N3O4S. The Morgan fingerprint density at radius 3 is 2.17 bits per heavy atom. The van der Waals surface area contributed by atoms with E-state index in [0.29, 0.717) is 25.0 Å². The quantitative estimate of drug-likeness (QED) is 0.584. The first kappa shape index (κ1) is 21.6. The summed E-state index contributed by atoms with van der Waals surface area (Å²) in [7, 11) is 0. The number of nitrogens with one attached hydrogen (secondary N) is 2. The molecule has 4 N–H and O–H groups in total. The Bertz CT molecular complexity index is 410. The van der Waals surface area contributed by atoms with Crippen molar-refractivity contribution in [2.75, 3.05) is 12.0 Å². The Hall–Kier alpha value is -1.44. The largest absolute Gasteiger partial charge is 0.444 e. The van der Waals surface area contributed by atoms with Crippen molar-refractivity contribution in [3.8, 4) is 0 Å². The molecule has 0 radical (unpaired) electrons. The van der Waals surface area contributed by atoms with E-state index in [1.807, 2.05) is 13.2 Å². The number of rotatable bonds is 9. The third-order valence-electron chi connectivity index (χ3n) is 2.86. The Labute approximate surface area is 142 Å². The van der Waals surface area contributed by atoms with Gasteiger partial charge in [0.15, 0.2) is 0 Å². The van der Waals surface area contributed by atoms with Gasteiger partial charge in [-0.1, -0.05) is 13.3 Å². The van der Waals surface area contributed by atoms with Crippen molar-refractivity contribution in [1.82, 2.24) is 10.6 Å². The molecule has 0 spiro atoms. The lowest BCUT2D eigenvalue weighted by atomic mass is 10.1. The highest BCUT2D eigenvalue weighted by molar-refractivity contribution is 7.98. The third kappa shape index (κ3) is 10.0. The summed E-state index contributed by atoms with van der Waals surface area (Å²) in [6.45, 7) is 7.13. The minimum Gasteiger partial charge on any atom is -0.444 e.